The molecule has 0 unspecified atom stereocenters. The molecule has 4 atom stereocenters. The number of aliphatic hydroxyl groups is 4. The Bertz CT molecular complexity index is 201. The molecular weight excluding hydrogens is 207 g/mol. The highest BCUT2D eigenvalue weighted by molar-refractivity contribution is 6.24. The predicted molar refractivity (Wildman–Crippen MR) is 39.7 cm³/mol. The zero-order valence-electron chi connectivity index (χ0n) is 6.52. The number of aliphatic hydroxyl groups excluding tert-OH is 3. The summed E-state index contributed by atoms with van der Waals surface area (Å²) in [5.41, 5.74) is 0. The van der Waals surface area contributed by atoms with Crippen LogP contribution in [0.15, 0.2) is 0 Å². The second-order valence-corrected chi connectivity index (χ2v) is 3.46. The van der Waals surface area contributed by atoms with Gasteiger partial charge in [-0.15, -0.1) is 0 Å². The van der Waals surface area contributed by atoms with Gasteiger partial charge in [0.2, 0.25) is 5.06 Å². The molecule has 1 saturated heterocycles. The van der Waals surface area contributed by atoms with Gasteiger partial charge in [0.15, 0.2) is 0 Å². The Labute approximate surface area is 78.3 Å². The van der Waals surface area contributed by atoms with Gasteiger partial charge in [-0.3, -0.25) is 0 Å². The topological polar surface area (TPSA) is 90.2 Å². The first kappa shape index (κ1) is 11.1. The van der Waals surface area contributed by atoms with Gasteiger partial charge in [-0.2, -0.15) is 0 Å². The standard InChI is InChI=1S/C6H10ClFO5/c7-6(12)4(11)3(10)1-13-5(6,8)2-9/h3-4,9-12H,1-2H2/t3-,4+,5+,6-/m0/s1. The normalized spacial score (nSPS) is 52.2. The number of alkyl halides is 2. The van der Waals surface area contributed by atoms with Crippen LogP contribution in [0.1, 0.15) is 0 Å². The molecule has 0 bridgehead atoms. The van der Waals surface area contributed by atoms with Crippen molar-refractivity contribution in [1.82, 2.24) is 0 Å². The van der Waals surface area contributed by atoms with Crippen molar-refractivity contribution in [2.75, 3.05) is 13.2 Å². The van der Waals surface area contributed by atoms with Crippen LogP contribution in [-0.4, -0.2) is 56.8 Å². The highest BCUT2D eigenvalue weighted by Gasteiger charge is 2.61. The third-order valence-electron chi connectivity index (χ3n) is 1.97. The third kappa shape index (κ3) is 1.54. The molecule has 0 aliphatic carbocycles. The van der Waals surface area contributed by atoms with Crippen LogP contribution in [0.3, 0.4) is 0 Å². The van der Waals surface area contributed by atoms with Gasteiger partial charge in [0.25, 0.3) is 5.85 Å². The molecule has 5 nitrogen and oxygen atoms in total. The summed E-state index contributed by atoms with van der Waals surface area (Å²) >= 11 is 5.21. The van der Waals surface area contributed by atoms with Crippen LogP contribution in [0.2, 0.25) is 0 Å². The minimum Gasteiger partial charge on any atom is -0.390 e. The molecule has 4 N–H and O–H groups in total. The van der Waals surface area contributed by atoms with Gasteiger partial charge in [-0.25, -0.2) is 4.39 Å². The summed E-state index contributed by atoms with van der Waals surface area (Å²) in [6, 6.07) is 0. The average Bonchev–Trinajstić information content (AvgIpc) is 2.09. The van der Waals surface area contributed by atoms with E-state index in [0.717, 1.165) is 0 Å². The zero-order valence-corrected chi connectivity index (χ0v) is 7.28. The van der Waals surface area contributed by atoms with E-state index in [2.05, 4.69) is 4.74 Å². The minimum absolute atomic E-state index is 0.548. The fourth-order valence-electron chi connectivity index (χ4n) is 1.04. The van der Waals surface area contributed by atoms with E-state index in [1.807, 2.05) is 0 Å². The molecule has 7 heteroatoms. The van der Waals surface area contributed by atoms with Crippen LogP contribution in [-0.2, 0) is 4.74 Å². The fraction of sp³-hybridized carbons (Fsp3) is 1.00. The van der Waals surface area contributed by atoms with Gasteiger partial charge in [0.05, 0.1) is 6.61 Å². The lowest BCUT2D eigenvalue weighted by atomic mass is 9.98. The van der Waals surface area contributed by atoms with Crippen LogP contribution in [0.25, 0.3) is 0 Å². The largest absolute Gasteiger partial charge is 0.390 e. The first-order chi connectivity index (χ1) is 5.85. The Morgan fingerprint density at radius 3 is 2.54 bits per heavy atom. The van der Waals surface area contributed by atoms with Crippen LogP contribution in [0.5, 0.6) is 0 Å². The van der Waals surface area contributed by atoms with Crippen molar-refractivity contribution < 1.29 is 29.6 Å². The summed E-state index contributed by atoms with van der Waals surface area (Å²) < 4.78 is 17.7. The first-order valence-corrected chi connectivity index (χ1v) is 3.94. The second-order valence-electron chi connectivity index (χ2n) is 2.88. The summed E-state index contributed by atoms with van der Waals surface area (Å²) in [7, 11) is 0. The Hall–Kier alpha value is 0.0200. The molecule has 13 heavy (non-hydrogen) atoms. The van der Waals surface area contributed by atoms with Gasteiger partial charge < -0.3 is 25.2 Å². The lowest BCUT2D eigenvalue weighted by Crippen LogP contribution is -2.66. The predicted octanol–water partition coefficient (Wildman–Crippen LogP) is -1.68. The van der Waals surface area contributed by atoms with E-state index in [-0.39, 0.29) is 0 Å². The molecule has 1 fully saturated rings. The molecule has 0 amide bonds. The molecular formula is C6H10ClFO5. The van der Waals surface area contributed by atoms with Gasteiger partial charge >= 0.3 is 0 Å². The quantitative estimate of drug-likeness (QED) is 0.394. The van der Waals surface area contributed by atoms with Crippen molar-refractivity contribution in [3.63, 3.8) is 0 Å². The van der Waals surface area contributed by atoms with E-state index >= 15 is 0 Å². The van der Waals surface area contributed by atoms with Crippen LogP contribution in [0, 0.1) is 0 Å². The van der Waals surface area contributed by atoms with Crippen molar-refractivity contribution in [2.45, 2.75) is 23.1 Å². The van der Waals surface area contributed by atoms with Crippen molar-refractivity contribution in [2.24, 2.45) is 0 Å². The van der Waals surface area contributed by atoms with Crippen molar-refractivity contribution in [1.29, 1.82) is 0 Å². The number of halogens is 2. The van der Waals surface area contributed by atoms with Crippen LogP contribution >= 0.6 is 11.6 Å². The number of hydrogen-bond donors (Lipinski definition) is 4. The van der Waals surface area contributed by atoms with Crippen molar-refractivity contribution in [3.05, 3.63) is 0 Å². The van der Waals surface area contributed by atoms with Gasteiger partial charge in [0.1, 0.15) is 18.8 Å². The monoisotopic (exact) mass is 216 g/mol. The maximum atomic E-state index is 13.4. The molecule has 1 rings (SSSR count). The Balaban J connectivity index is 2.92. The van der Waals surface area contributed by atoms with Crippen molar-refractivity contribution >= 4 is 11.6 Å². The van der Waals surface area contributed by atoms with E-state index in [0.29, 0.717) is 0 Å². The molecule has 0 aromatic carbocycles. The Morgan fingerprint density at radius 1 is 1.54 bits per heavy atom. The molecule has 0 saturated carbocycles. The summed E-state index contributed by atoms with van der Waals surface area (Å²) in [5, 5.41) is 33.0. The van der Waals surface area contributed by atoms with Gasteiger partial charge in [-0.1, -0.05) is 11.6 Å². The van der Waals surface area contributed by atoms with Gasteiger partial charge in [0, 0.05) is 0 Å². The second kappa shape index (κ2) is 3.30. The summed E-state index contributed by atoms with van der Waals surface area (Å²) in [6.45, 7) is -1.76. The number of hydrogen-bond acceptors (Lipinski definition) is 5. The lowest BCUT2D eigenvalue weighted by Gasteiger charge is -2.44. The third-order valence-corrected chi connectivity index (χ3v) is 2.47. The lowest BCUT2D eigenvalue weighted by molar-refractivity contribution is -0.315. The van der Waals surface area contributed by atoms with Gasteiger partial charge in [-0.05, 0) is 0 Å². The van der Waals surface area contributed by atoms with Crippen molar-refractivity contribution in [3.8, 4) is 0 Å². The Morgan fingerprint density at radius 2 is 2.08 bits per heavy atom. The zero-order chi connectivity index (χ0) is 10.3. The summed E-state index contributed by atoms with van der Waals surface area (Å²) in [6.07, 6.45) is -3.40. The average molecular weight is 217 g/mol. The molecule has 0 aromatic rings. The van der Waals surface area contributed by atoms with E-state index in [1.54, 1.807) is 0 Å². The number of rotatable bonds is 1. The number of ether oxygens (including phenoxy) is 1. The smallest absolute Gasteiger partial charge is 0.278 e. The van der Waals surface area contributed by atoms with E-state index < -0.39 is 36.3 Å². The fourth-order valence-corrected chi connectivity index (χ4v) is 1.30. The molecule has 0 spiro atoms. The first-order valence-electron chi connectivity index (χ1n) is 3.56. The highest BCUT2D eigenvalue weighted by Crippen LogP contribution is 2.39. The van der Waals surface area contributed by atoms with Crippen LogP contribution in [0.4, 0.5) is 4.39 Å². The molecule has 0 radical (unpaired) electrons. The maximum absolute atomic E-state index is 13.4. The van der Waals surface area contributed by atoms with E-state index in [9.17, 15) is 9.50 Å². The van der Waals surface area contributed by atoms with E-state index in [1.165, 1.54) is 0 Å². The SMILES string of the molecule is OC[C@@]1(F)OC[C@H](O)[C@@H](O)[C@@]1(O)Cl. The minimum atomic E-state index is -2.97. The van der Waals surface area contributed by atoms with E-state index in [4.69, 9.17) is 26.9 Å². The summed E-state index contributed by atoms with van der Waals surface area (Å²) in [4.78, 5) is 0. The molecule has 0 aromatic heterocycles. The summed E-state index contributed by atoms with van der Waals surface area (Å²) in [5.74, 6) is -2.97. The highest BCUT2D eigenvalue weighted by atomic mass is 35.5. The molecule has 78 valence electrons. The van der Waals surface area contributed by atoms with Crippen LogP contribution < -0.4 is 0 Å². The molecule has 1 aliphatic heterocycles. The maximum Gasteiger partial charge on any atom is 0.278 e. The molecule has 1 aliphatic rings. The molecule has 1 heterocycles. The Kier molecular flexibility index (Phi) is 2.82.